The zero-order valence-electron chi connectivity index (χ0n) is 14.6. The average molecular weight is 357 g/mol. The Balaban J connectivity index is 2.12. The molecule has 0 N–H and O–H groups in total. The number of hydrogen-bond acceptors (Lipinski definition) is 6. The molecule has 3 rings (SSSR count). The van der Waals surface area contributed by atoms with Gasteiger partial charge in [0, 0.05) is 0 Å². The van der Waals surface area contributed by atoms with Crippen LogP contribution in [0.1, 0.15) is 47.5 Å². The van der Waals surface area contributed by atoms with Gasteiger partial charge in [0.05, 0.1) is 13.7 Å². The number of unbranched alkanes of at least 4 members (excludes halogenated alkanes) is 1. The number of methoxy groups -OCH3 is 1. The Morgan fingerprint density at radius 2 is 1.43 bits per heavy atom. The molecule has 1 aromatic rings. The molecule has 0 aromatic heterocycles. The molecule has 2 aliphatic heterocycles. The summed E-state index contributed by atoms with van der Waals surface area (Å²) in [5, 5.41) is 0. The van der Waals surface area contributed by atoms with E-state index in [1.165, 1.54) is 0 Å². The van der Waals surface area contributed by atoms with Crippen molar-refractivity contribution in [1.82, 2.24) is 0 Å². The number of benzene rings is 1. The molecular weight excluding hydrogens is 332 g/mol. The Labute approximate surface area is 146 Å². The summed E-state index contributed by atoms with van der Waals surface area (Å²) in [6, 6.07) is 0. The molecule has 0 saturated heterocycles. The van der Waals surface area contributed by atoms with Gasteiger partial charge >= 0.3 is 0 Å². The molecule has 0 radical (unpaired) electrons. The summed E-state index contributed by atoms with van der Waals surface area (Å²) in [5.41, 5.74) is 0. The van der Waals surface area contributed by atoms with Gasteiger partial charge in [-0.3, -0.25) is 0 Å². The van der Waals surface area contributed by atoms with Gasteiger partial charge < -0.3 is 18.9 Å². The molecular formula is C17H24O4S2. The number of fused-ring (bicyclic) bond motifs is 2. The highest BCUT2D eigenvalue weighted by Gasteiger charge is 2.45. The zero-order valence-corrected chi connectivity index (χ0v) is 16.2. The molecule has 0 unspecified atom stereocenters. The molecule has 0 fully saturated rings. The van der Waals surface area contributed by atoms with Crippen molar-refractivity contribution in [3.05, 3.63) is 0 Å². The fourth-order valence-electron chi connectivity index (χ4n) is 2.65. The van der Waals surface area contributed by atoms with Crippen molar-refractivity contribution in [2.24, 2.45) is 0 Å². The van der Waals surface area contributed by atoms with Gasteiger partial charge in [-0.05, 0) is 34.1 Å². The number of rotatable bonds is 5. The van der Waals surface area contributed by atoms with Crippen molar-refractivity contribution in [3.8, 4) is 23.0 Å². The first-order valence-electron chi connectivity index (χ1n) is 7.95. The molecule has 4 nitrogen and oxygen atoms in total. The molecule has 6 heteroatoms. The van der Waals surface area contributed by atoms with Crippen LogP contribution in [0, 0.1) is 0 Å². The average Bonchev–Trinajstić information content (AvgIpc) is 2.93. The number of ether oxygens (including phenoxy) is 4. The highest BCUT2D eigenvalue weighted by molar-refractivity contribution is 8.01. The standard InChI is InChI=1S/C17H24O4S2/c1-7-8-9-19-13-14-11(20-16(2,3)22-14)10(18-6)12-15(13)23-17(4,5)21-12/h7-9H2,1-6H3. The van der Waals surface area contributed by atoms with Crippen LogP contribution >= 0.6 is 23.5 Å². The second-order valence-corrected chi connectivity index (χ2v) is 9.78. The molecule has 128 valence electrons. The summed E-state index contributed by atoms with van der Waals surface area (Å²) in [5.74, 6) is 3.04. The highest BCUT2D eigenvalue weighted by atomic mass is 32.2. The van der Waals surface area contributed by atoms with Gasteiger partial charge in [-0.2, -0.15) is 0 Å². The Kier molecular flexibility index (Phi) is 4.34. The van der Waals surface area contributed by atoms with Crippen molar-refractivity contribution in [2.45, 2.75) is 67.1 Å². The minimum atomic E-state index is -0.340. The molecule has 0 spiro atoms. The second kappa shape index (κ2) is 5.88. The van der Waals surface area contributed by atoms with Crippen molar-refractivity contribution in [3.63, 3.8) is 0 Å². The minimum absolute atomic E-state index is 0.340. The lowest BCUT2D eigenvalue weighted by molar-refractivity contribution is 0.183. The summed E-state index contributed by atoms with van der Waals surface area (Å²) < 4.78 is 24.0. The summed E-state index contributed by atoms with van der Waals surface area (Å²) in [6.45, 7) is 11.1. The number of hydrogen-bond donors (Lipinski definition) is 0. The maximum Gasteiger partial charge on any atom is 0.206 e. The van der Waals surface area contributed by atoms with Gasteiger partial charge in [-0.15, -0.1) is 0 Å². The maximum atomic E-state index is 6.16. The molecule has 2 aliphatic rings. The van der Waals surface area contributed by atoms with Crippen LogP contribution in [0.4, 0.5) is 0 Å². The van der Waals surface area contributed by atoms with Gasteiger partial charge in [0.15, 0.2) is 27.1 Å². The Morgan fingerprint density at radius 3 is 1.87 bits per heavy atom. The van der Waals surface area contributed by atoms with Gasteiger partial charge in [0.25, 0.3) is 0 Å². The quantitative estimate of drug-likeness (QED) is 0.665. The molecule has 23 heavy (non-hydrogen) atoms. The van der Waals surface area contributed by atoms with E-state index in [4.69, 9.17) is 18.9 Å². The zero-order chi connectivity index (χ0) is 16.8. The SMILES string of the molecule is CCCCOc1c2c(c(OC)c3c1SC(C)(C)O3)OC(C)(C)S2. The first kappa shape index (κ1) is 17.0. The van der Waals surface area contributed by atoms with E-state index in [1.54, 1.807) is 30.6 Å². The summed E-state index contributed by atoms with van der Waals surface area (Å²) >= 11 is 3.36. The van der Waals surface area contributed by atoms with Gasteiger partial charge in [0.2, 0.25) is 5.75 Å². The molecule has 0 amide bonds. The fourth-order valence-corrected chi connectivity index (χ4v) is 4.91. The van der Waals surface area contributed by atoms with Crippen molar-refractivity contribution < 1.29 is 18.9 Å². The van der Waals surface area contributed by atoms with E-state index in [2.05, 4.69) is 34.6 Å². The molecule has 1 aromatic carbocycles. The van der Waals surface area contributed by atoms with E-state index in [-0.39, 0.29) is 9.87 Å². The minimum Gasteiger partial charge on any atom is -0.491 e. The molecule has 2 heterocycles. The summed E-state index contributed by atoms with van der Waals surface area (Å²) in [4.78, 5) is 1.37. The highest BCUT2D eigenvalue weighted by Crippen LogP contribution is 2.66. The van der Waals surface area contributed by atoms with Crippen LogP contribution in [0.5, 0.6) is 23.0 Å². The monoisotopic (exact) mass is 356 g/mol. The first-order chi connectivity index (χ1) is 10.8. The van der Waals surface area contributed by atoms with Crippen molar-refractivity contribution in [2.75, 3.05) is 13.7 Å². The van der Waals surface area contributed by atoms with E-state index in [0.29, 0.717) is 12.4 Å². The topological polar surface area (TPSA) is 36.9 Å². The van der Waals surface area contributed by atoms with Crippen LogP contribution in [0.3, 0.4) is 0 Å². The van der Waals surface area contributed by atoms with E-state index in [9.17, 15) is 0 Å². The van der Waals surface area contributed by atoms with Gasteiger partial charge in [-0.25, -0.2) is 0 Å². The Morgan fingerprint density at radius 1 is 0.913 bits per heavy atom. The van der Waals surface area contributed by atoms with Crippen LogP contribution in [-0.4, -0.2) is 23.6 Å². The summed E-state index contributed by atoms with van der Waals surface area (Å²) in [7, 11) is 1.66. The lowest BCUT2D eigenvalue weighted by Crippen LogP contribution is -2.19. The Bertz CT molecular complexity index is 581. The van der Waals surface area contributed by atoms with E-state index in [1.807, 2.05) is 0 Å². The maximum absolute atomic E-state index is 6.16. The predicted molar refractivity (Wildman–Crippen MR) is 94.5 cm³/mol. The molecule has 0 aliphatic carbocycles. The van der Waals surface area contributed by atoms with Crippen LogP contribution in [0.15, 0.2) is 9.79 Å². The van der Waals surface area contributed by atoms with Crippen LogP contribution < -0.4 is 18.9 Å². The Hall–Kier alpha value is -0.880. The smallest absolute Gasteiger partial charge is 0.206 e. The van der Waals surface area contributed by atoms with Crippen LogP contribution in [-0.2, 0) is 0 Å². The lowest BCUT2D eigenvalue weighted by atomic mass is 10.2. The molecule has 0 saturated carbocycles. The third-order valence-electron chi connectivity index (χ3n) is 3.58. The predicted octanol–water partition coefficient (Wildman–Crippen LogP) is 5.32. The molecule has 0 bridgehead atoms. The lowest BCUT2D eigenvalue weighted by Gasteiger charge is -2.18. The molecule has 0 atom stereocenters. The van der Waals surface area contributed by atoms with Crippen molar-refractivity contribution in [1.29, 1.82) is 0 Å². The van der Waals surface area contributed by atoms with E-state index in [0.717, 1.165) is 39.9 Å². The summed E-state index contributed by atoms with van der Waals surface area (Å²) in [6.07, 6.45) is 2.13. The van der Waals surface area contributed by atoms with Crippen LogP contribution in [0.2, 0.25) is 0 Å². The van der Waals surface area contributed by atoms with Gasteiger partial charge in [0.1, 0.15) is 9.79 Å². The second-order valence-electron chi connectivity index (χ2n) is 6.59. The fraction of sp³-hybridized carbons (Fsp3) is 0.647. The van der Waals surface area contributed by atoms with E-state index >= 15 is 0 Å². The van der Waals surface area contributed by atoms with Crippen molar-refractivity contribution >= 4 is 23.5 Å². The first-order valence-corrected chi connectivity index (χ1v) is 9.58. The van der Waals surface area contributed by atoms with E-state index < -0.39 is 0 Å². The third-order valence-corrected chi connectivity index (χ3v) is 5.88. The van der Waals surface area contributed by atoms with Gasteiger partial charge in [-0.1, -0.05) is 36.9 Å². The van der Waals surface area contributed by atoms with Crippen LogP contribution in [0.25, 0.3) is 0 Å². The largest absolute Gasteiger partial charge is 0.491 e. The third kappa shape index (κ3) is 3.07. The number of thioether (sulfide) groups is 2. The normalized spacial score (nSPS) is 19.6.